The monoisotopic (exact) mass is 255 g/mol. The number of hydrogen-bond acceptors (Lipinski definition) is 2. The van der Waals surface area contributed by atoms with Gasteiger partial charge in [-0.05, 0) is 40.9 Å². The molecule has 2 rings (SSSR count). The van der Waals surface area contributed by atoms with Crippen molar-refractivity contribution in [2.24, 2.45) is 5.41 Å². The van der Waals surface area contributed by atoms with E-state index in [1.165, 1.54) is 0 Å². The van der Waals surface area contributed by atoms with Crippen molar-refractivity contribution in [3.05, 3.63) is 28.5 Å². The van der Waals surface area contributed by atoms with Crippen LogP contribution < -0.4 is 0 Å². The summed E-state index contributed by atoms with van der Waals surface area (Å²) in [6.07, 6.45) is 3.76. The Bertz CT molecular complexity index is 374. The Kier molecular flexibility index (Phi) is 2.31. The quantitative estimate of drug-likeness (QED) is 0.902. The van der Waals surface area contributed by atoms with Gasteiger partial charge in [0.1, 0.15) is 0 Å². The lowest BCUT2D eigenvalue weighted by molar-refractivity contribution is -0.143. The third-order valence-electron chi connectivity index (χ3n) is 2.65. The number of carboxylic acids is 1. The third-order valence-corrected chi connectivity index (χ3v) is 3.37. The number of rotatable bonds is 3. The SMILES string of the molecule is O=C(O)C1(Cc2ncccc2Br)CC1. The Labute approximate surface area is 90.3 Å². The maximum atomic E-state index is 11.0. The zero-order valence-electron chi connectivity index (χ0n) is 7.53. The molecule has 0 unspecified atom stereocenters. The van der Waals surface area contributed by atoms with Crippen LogP contribution in [0, 0.1) is 5.41 Å². The van der Waals surface area contributed by atoms with Gasteiger partial charge in [0.05, 0.1) is 11.1 Å². The molecule has 0 spiro atoms. The minimum absolute atomic E-state index is 0.531. The van der Waals surface area contributed by atoms with E-state index < -0.39 is 11.4 Å². The van der Waals surface area contributed by atoms with E-state index in [4.69, 9.17) is 5.11 Å². The summed E-state index contributed by atoms with van der Waals surface area (Å²) in [6.45, 7) is 0. The number of hydrogen-bond donors (Lipinski definition) is 1. The van der Waals surface area contributed by atoms with Crippen LogP contribution in [0.5, 0.6) is 0 Å². The first kappa shape index (κ1) is 9.65. The molecule has 1 saturated carbocycles. The zero-order valence-corrected chi connectivity index (χ0v) is 9.12. The number of carboxylic acid groups (broad SMARTS) is 1. The Morgan fingerprint density at radius 1 is 1.64 bits per heavy atom. The maximum Gasteiger partial charge on any atom is 0.310 e. The second-order valence-electron chi connectivity index (χ2n) is 3.69. The average molecular weight is 256 g/mol. The van der Waals surface area contributed by atoms with Gasteiger partial charge in [-0.3, -0.25) is 9.78 Å². The van der Waals surface area contributed by atoms with Crippen LogP contribution in [-0.4, -0.2) is 16.1 Å². The Morgan fingerprint density at radius 3 is 2.86 bits per heavy atom. The van der Waals surface area contributed by atoms with Crippen molar-refractivity contribution < 1.29 is 9.90 Å². The summed E-state index contributed by atoms with van der Waals surface area (Å²) in [5.74, 6) is -0.699. The number of aromatic nitrogens is 1. The van der Waals surface area contributed by atoms with Crippen molar-refractivity contribution in [1.82, 2.24) is 4.98 Å². The largest absolute Gasteiger partial charge is 0.481 e. The molecule has 0 aromatic carbocycles. The van der Waals surface area contributed by atoms with E-state index >= 15 is 0 Å². The van der Waals surface area contributed by atoms with Gasteiger partial charge in [-0.1, -0.05) is 0 Å². The average Bonchev–Trinajstić information content (AvgIpc) is 2.90. The van der Waals surface area contributed by atoms with Crippen LogP contribution in [0.2, 0.25) is 0 Å². The van der Waals surface area contributed by atoms with E-state index in [9.17, 15) is 4.79 Å². The number of carbonyl (C=O) groups is 1. The molecule has 0 bridgehead atoms. The van der Waals surface area contributed by atoms with E-state index in [1.54, 1.807) is 6.20 Å². The van der Waals surface area contributed by atoms with E-state index in [1.807, 2.05) is 12.1 Å². The molecule has 0 aliphatic heterocycles. The van der Waals surface area contributed by atoms with E-state index in [-0.39, 0.29) is 0 Å². The van der Waals surface area contributed by atoms with Crippen molar-refractivity contribution >= 4 is 21.9 Å². The van der Waals surface area contributed by atoms with Crippen LogP contribution in [0.25, 0.3) is 0 Å². The topological polar surface area (TPSA) is 50.2 Å². The molecule has 0 amide bonds. The molecule has 74 valence electrons. The molecule has 0 atom stereocenters. The van der Waals surface area contributed by atoms with Crippen molar-refractivity contribution in [3.63, 3.8) is 0 Å². The second kappa shape index (κ2) is 3.35. The molecule has 4 heteroatoms. The van der Waals surface area contributed by atoms with Gasteiger partial charge in [0.15, 0.2) is 0 Å². The summed E-state index contributed by atoms with van der Waals surface area (Å²) in [5.41, 5.74) is 0.309. The molecule has 14 heavy (non-hydrogen) atoms. The maximum absolute atomic E-state index is 11.0. The Balaban J connectivity index is 2.19. The smallest absolute Gasteiger partial charge is 0.310 e. The molecule has 0 saturated heterocycles. The molecule has 1 heterocycles. The molecule has 3 nitrogen and oxygen atoms in total. The van der Waals surface area contributed by atoms with Gasteiger partial charge in [-0.15, -0.1) is 0 Å². The lowest BCUT2D eigenvalue weighted by Gasteiger charge is -2.09. The molecular formula is C10H10BrNO2. The van der Waals surface area contributed by atoms with Crippen molar-refractivity contribution in [2.45, 2.75) is 19.3 Å². The summed E-state index contributed by atoms with van der Waals surface area (Å²) in [7, 11) is 0. The van der Waals surface area contributed by atoms with Gasteiger partial charge >= 0.3 is 5.97 Å². The van der Waals surface area contributed by atoms with Crippen LogP contribution in [0.1, 0.15) is 18.5 Å². The summed E-state index contributed by atoms with van der Waals surface area (Å²) >= 11 is 3.37. The van der Waals surface area contributed by atoms with Gasteiger partial charge in [0.25, 0.3) is 0 Å². The lowest BCUT2D eigenvalue weighted by atomic mass is 10.0. The molecule has 1 aliphatic carbocycles. The summed E-state index contributed by atoms with van der Waals surface area (Å²) in [5, 5.41) is 9.01. The standard InChI is InChI=1S/C10H10BrNO2/c11-7-2-1-5-12-8(7)6-10(3-4-10)9(13)14/h1-2,5H,3-4,6H2,(H,13,14). The molecule has 0 radical (unpaired) electrons. The molecule has 1 aromatic rings. The minimum atomic E-state index is -0.699. The second-order valence-corrected chi connectivity index (χ2v) is 4.55. The highest BCUT2D eigenvalue weighted by atomic mass is 79.9. The van der Waals surface area contributed by atoms with E-state index in [0.29, 0.717) is 6.42 Å². The van der Waals surface area contributed by atoms with Crippen LogP contribution in [0.4, 0.5) is 0 Å². The van der Waals surface area contributed by atoms with Crippen LogP contribution in [0.15, 0.2) is 22.8 Å². The van der Waals surface area contributed by atoms with Gasteiger partial charge < -0.3 is 5.11 Å². The summed E-state index contributed by atoms with van der Waals surface area (Å²) in [6, 6.07) is 3.72. The normalized spacial score (nSPS) is 17.8. The van der Waals surface area contributed by atoms with E-state index in [0.717, 1.165) is 23.0 Å². The summed E-state index contributed by atoms with van der Waals surface area (Å²) in [4.78, 5) is 15.1. The Morgan fingerprint density at radius 2 is 2.36 bits per heavy atom. The van der Waals surface area contributed by atoms with Crippen LogP contribution >= 0.6 is 15.9 Å². The highest BCUT2D eigenvalue weighted by Crippen LogP contribution is 2.48. The Hall–Kier alpha value is -0.900. The lowest BCUT2D eigenvalue weighted by Crippen LogP contribution is -2.18. The number of nitrogens with zero attached hydrogens (tertiary/aromatic N) is 1. The van der Waals surface area contributed by atoms with Gasteiger partial charge in [0.2, 0.25) is 0 Å². The fraction of sp³-hybridized carbons (Fsp3) is 0.400. The van der Waals surface area contributed by atoms with Crippen molar-refractivity contribution in [3.8, 4) is 0 Å². The fourth-order valence-electron chi connectivity index (χ4n) is 1.49. The predicted octanol–water partition coefficient (Wildman–Crippen LogP) is 2.25. The van der Waals surface area contributed by atoms with E-state index in [2.05, 4.69) is 20.9 Å². The highest BCUT2D eigenvalue weighted by Gasteiger charge is 2.50. The fourth-order valence-corrected chi connectivity index (χ4v) is 1.88. The first-order chi connectivity index (χ1) is 6.64. The number of pyridine rings is 1. The highest BCUT2D eigenvalue weighted by molar-refractivity contribution is 9.10. The van der Waals surface area contributed by atoms with Crippen molar-refractivity contribution in [2.75, 3.05) is 0 Å². The molecular weight excluding hydrogens is 246 g/mol. The van der Waals surface area contributed by atoms with Crippen LogP contribution in [-0.2, 0) is 11.2 Å². The van der Waals surface area contributed by atoms with Crippen molar-refractivity contribution in [1.29, 1.82) is 0 Å². The molecule has 1 N–H and O–H groups in total. The van der Waals surface area contributed by atoms with Gasteiger partial charge in [-0.25, -0.2) is 0 Å². The van der Waals surface area contributed by atoms with Crippen LogP contribution in [0.3, 0.4) is 0 Å². The first-order valence-corrected chi connectivity index (χ1v) is 5.26. The molecule has 1 aromatic heterocycles. The number of halogens is 1. The summed E-state index contributed by atoms with van der Waals surface area (Å²) < 4.78 is 0.896. The molecule has 1 fully saturated rings. The zero-order chi connectivity index (χ0) is 10.2. The number of aliphatic carboxylic acids is 1. The third kappa shape index (κ3) is 1.66. The minimum Gasteiger partial charge on any atom is -0.481 e. The van der Waals surface area contributed by atoms with Gasteiger partial charge in [0, 0.05) is 17.1 Å². The molecule has 1 aliphatic rings. The predicted molar refractivity (Wildman–Crippen MR) is 54.9 cm³/mol. The first-order valence-electron chi connectivity index (χ1n) is 4.47. The van der Waals surface area contributed by atoms with Gasteiger partial charge in [-0.2, -0.15) is 0 Å².